The topological polar surface area (TPSA) is 71.3 Å². The van der Waals surface area contributed by atoms with Crippen LogP contribution < -0.4 is 10.6 Å². The van der Waals surface area contributed by atoms with Crippen LogP contribution in [0.2, 0.25) is 0 Å². The van der Waals surface area contributed by atoms with E-state index in [2.05, 4.69) is 10.6 Å². The van der Waals surface area contributed by atoms with Crippen LogP contribution in [0.1, 0.15) is 21.7 Å². The van der Waals surface area contributed by atoms with Gasteiger partial charge in [-0.25, -0.2) is 0 Å². The Bertz CT molecular complexity index is 1220. The molecule has 0 bridgehead atoms. The second-order valence-corrected chi connectivity index (χ2v) is 6.91. The van der Waals surface area contributed by atoms with E-state index in [9.17, 15) is 9.59 Å². The number of nitrogens with one attached hydrogen (secondary N) is 2. The van der Waals surface area contributed by atoms with Crippen LogP contribution in [0.4, 0.5) is 5.69 Å². The van der Waals surface area contributed by atoms with Gasteiger partial charge in [0, 0.05) is 17.3 Å². The van der Waals surface area contributed by atoms with Gasteiger partial charge in [0.25, 0.3) is 11.8 Å². The molecule has 0 aliphatic rings. The van der Waals surface area contributed by atoms with Crippen LogP contribution in [0, 0.1) is 6.92 Å². The zero-order valence-electron chi connectivity index (χ0n) is 16.4. The highest BCUT2D eigenvalue weighted by Crippen LogP contribution is 2.19. The van der Waals surface area contributed by atoms with E-state index in [-0.39, 0.29) is 11.6 Å². The van der Waals surface area contributed by atoms with Crippen molar-refractivity contribution >= 4 is 34.4 Å². The molecule has 0 saturated carbocycles. The number of benzene rings is 3. The summed E-state index contributed by atoms with van der Waals surface area (Å²) in [6, 6.07) is 24.1. The zero-order chi connectivity index (χ0) is 20.9. The Morgan fingerprint density at radius 2 is 1.63 bits per heavy atom. The Morgan fingerprint density at radius 3 is 2.37 bits per heavy atom. The number of amides is 2. The van der Waals surface area contributed by atoms with Gasteiger partial charge in [-0.3, -0.25) is 9.59 Å². The van der Waals surface area contributed by atoms with Gasteiger partial charge in [-0.05, 0) is 54.1 Å². The molecular formula is C25H20N2O3. The lowest BCUT2D eigenvalue weighted by Gasteiger charge is -2.11. The van der Waals surface area contributed by atoms with Gasteiger partial charge >= 0.3 is 0 Å². The minimum absolute atomic E-state index is 0.0867. The lowest BCUT2D eigenvalue weighted by Crippen LogP contribution is -2.30. The van der Waals surface area contributed by atoms with Gasteiger partial charge in [0.2, 0.25) is 0 Å². The molecule has 0 atom stereocenters. The third kappa shape index (κ3) is 4.47. The first-order valence-corrected chi connectivity index (χ1v) is 9.52. The van der Waals surface area contributed by atoms with E-state index in [0.717, 1.165) is 16.3 Å². The summed E-state index contributed by atoms with van der Waals surface area (Å²) in [6.07, 6.45) is 3.01. The van der Waals surface area contributed by atoms with Crippen molar-refractivity contribution in [3.8, 4) is 0 Å². The monoisotopic (exact) mass is 396 g/mol. The number of rotatable bonds is 5. The number of hydrogen-bond acceptors (Lipinski definition) is 3. The smallest absolute Gasteiger partial charge is 0.272 e. The van der Waals surface area contributed by atoms with Gasteiger partial charge in [-0.15, -0.1) is 0 Å². The summed E-state index contributed by atoms with van der Waals surface area (Å²) in [4.78, 5) is 25.6. The molecule has 4 aromatic rings. The molecule has 3 aromatic carbocycles. The molecule has 0 saturated heterocycles. The Hall–Kier alpha value is -4.12. The van der Waals surface area contributed by atoms with Crippen molar-refractivity contribution in [1.29, 1.82) is 0 Å². The lowest BCUT2D eigenvalue weighted by atomic mass is 10.1. The molecule has 0 aliphatic heterocycles. The maximum atomic E-state index is 13.0. The predicted octanol–water partition coefficient (Wildman–Crippen LogP) is 5.15. The van der Waals surface area contributed by atoms with Crippen LogP contribution in [0.3, 0.4) is 0 Å². The molecule has 5 heteroatoms. The SMILES string of the molecule is Cc1ccc(C(=O)N/C(=C\c2ccco2)C(=O)Nc2ccc3ccccc3c2)cc1. The van der Waals surface area contributed by atoms with Gasteiger partial charge in [-0.1, -0.05) is 48.0 Å². The maximum absolute atomic E-state index is 13.0. The summed E-state index contributed by atoms with van der Waals surface area (Å²) in [5.74, 6) is -0.355. The first kappa shape index (κ1) is 19.2. The Morgan fingerprint density at radius 1 is 0.867 bits per heavy atom. The van der Waals surface area contributed by atoms with Crippen molar-refractivity contribution in [1.82, 2.24) is 5.32 Å². The molecule has 5 nitrogen and oxygen atoms in total. The number of furan rings is 1. The van der Waals surface area contributed by atoms with Crippen molar-refractivity contribution < 1.29 is 14.0 Å². The van der Waals surface area contributed by atoms with E-state index in [4.69, 9.17) is 4.42 Å². The normalized spacial score (nSPS) is 11.3. The van der Waals surface area contributed by atoms with E-state index in [1.165, 1.54) is 12.3 Å². The van der Waals surface area contributed by atoms with E-state index in [1.807, 2.05) is 61.5 Å². The van der Waals surface area contributed by atoms with Crippen molar-refractivity contribution in [2.45, 2.75) is 6.92 Å². The summed E-state index contributed by atoms with van der Waals surface area (Å²) in [7, 11) is 0. The van der Waals surface area contributed by atoms with Gasteiger partial charge in [0.15, 0.2) is 0 Å². The molecule has 1 heterocycles. The van der Waals surface area contributed by atoms with Crippen molar-refractivity contribution in [2.75, 3.05) is 5.32 Å². The molecule has 0 radical (unpaired) electrons. The summed E-state index contributed by atoms with van der Waals surface area (Å²) >= 11 is 0. The highest BCUT2D eigenvalue weighted by Gasteiger charge is 2.16. The van der Waals surface area contributed by atoms with Crippen molar-refractivity contribution in [3.05, 3.63) is 108 Å². The zero-order valence-corrected chi connectivity index (χ0v) is 16.4. The van der Waals surface area contributed by atoms with Gasteiger partial charge in [0.1, 0.15) is 11.5 Å². The Balaban J connectivity index is 1.59. The number of anilines is 1. The summed E-state index contributed by atoms with van der Waals surface area (Å²) in [5, 5.41) is 7.64. The average molecular weight is 396 g/mol. The van der Waals surface area contributed by atoms with Crippen LogP contribution in [0.5, 0.6) is 0 Å². The van der Waals surface area contributed by atoms with Gasteiger partial charge in [-0.2, -0.15) is 0 Å². The average Bonchev–Trinajstić information content (AvgIpc) is 3.27. The summed E-state index contributed by atoms with van der Waals surface area (Å²) in [6.45, 7) is 1.95. The molecule has 0 fully saturated rings. The quantitative estimate of drug-likeness (QED) is 0.458. The fraction of sp³-hybridized carbons (Fsp3) is 0.0400. The minimum atomic E-state index is -0.442. The standard InChI is InChI=1S/C25H20N2O3/c1-17-8-10-19(11-9-17)24(28)27-23(16-22-7-4-14-30-22)25(29)26-21-13-12-18-5-2-3-6-20(18)15-21/h2-16H,1H3,(H,26,29)(H,27,28)/b23-16-. The fourth-order valence-corrected chi connectivity index (χ4v) is 3.04. The van der Waals surface area contributed by atoms with E-state index in [1.54, 1.807) is 24.3 Å². The fourth-order valence-electron chi connectivity index (χ4n) is 3.04. The minimum Gasteiger partial charge on any atom is -0.465 e. The summed E-state index contributed by atoms with van der Waals surface area (Å²) < 4.78 is 5.32. The highest BCUT2D eigenvalue weighted by molar-refractivity contribution is 6.11. The molecule has 0 spiro atoms. The second-order valence-electron chi connectivity index (χ2n) is 6.91. The molecule has 4 rings (SSSR count). The van der Waals surface area contributed by atoms with Crippen LogP contribution in [-0.2, 0) is 4.79 Å². The third-order valence-electron chi connectivity index (χ3n) is 4.64. The molecule has 0 unspecified atom stereocenters. The van der Waals surface area contributed by atoms with Crippen LogP contribution in [-0.4, -0.2) is 11.8 Å². The second kappa shape index (κ2) is 8.49. The molecular weight excluding hydrogens is 376 g/mol. The number of carbonyl (C=O) groups is 2. The Labute approximate surface area is 174 Å². The van der Waals surface area contributed by atoms with E-state index >= 15 is 0 Å². The maximum Gasteiger partial charge on any atom is 0.272 e. The number of hydrogen-bond donors (Lipinski definition) is 2. The van der Waals surface area contributed by atoms with Crippen LogP contribution >= 0.6 is 0 Å². The first-order valence-electron chi connectivity index (χ1n) is 9.52. The molecule has 2 N–H and O–H groups in total. The Kier molecular flexibility index (Phi) is 5.44. The molecule has 0 aliphatic carbocycles. The number of aryl methyl sites for hydroxylation is 1. The van der Waals surface area contributed by atoms with Crippen LogP contribution in [0.15, 0.2) is 95.2 Å². The van der Waals surface area contributed by atoms with E-state index in [0.29, 0.717) is 17.0 Å². The molecule has 1 aromatic heterocycles. The number of carbonyl (C=O) groups excluding carboxylic acids is 2. The van der Waals surface area contributed by atoms with Crippen LogP contribution in [0.25, 0.3) is 16.8 Å². The molecule has 2 amide bonds. The van der Waals surface area contributed by atoms with Crippen molar-refractivity contribution in [2.24, 2.45) is 0 Å². The summed E-state index contributed by atoms with van der Waals surface area (Å²) in [5.41, 5.74) is 2.23. The predicted molar refractivity (Wildman–Crippen MR) is 118 cm³/mol. The lowest BCUT2D eigenvalue weighted by molar-refractivity contribution is -0.113. The molecule has 148 valence electrons. The van der Waals surface area contributed by atoms with Crippen molar-refractivity contribution in [3.63, 3.8) is 0 Å². The third-order valence-corrected chi connectivity index (χ3v) is 4.64. The van der Waals surface area contributed by atoms with E-state index < -0.39 is 5.91 Å². The number of fused-ring (bicyclic) bond motifs is 1. The first-order chi connectivity index (χ1) is 14.6. The largest absolute Gasteiger partial charge is 0.465 e. The van der Waals surface area contributed by atoms with Gasteiger partial charge < -0.3 is 15.1 Å². The highest BCUT2D eigenvalue weighted by atomic mass is 16.3. The van der Waals surface area contributed by atoms with Gasteiger partial charge in [0.05, 0.1) is 6.26 Å². The molecule has 30 heavy (non-hydrogen) atoms.